The molecule has 2 heteroatoms. The van der Waals surface area contributed by atoms with Crippen LogP contribution in [0.4, 0.5) is 5.69 Å². The molecule has 0 radical (unpaired) electrons. The van der Waals surface area contributed by atoms with Crippen LogP contribution in [-0.4, -0.2) is 19.2 Å². The Morgan fingerprint density at radius 1 is 0.789 bits per heavy atom. The van der Waals surface area contributed by atoms with Gasteiger partial charge < -0.3 is 4.90 Å². The lowest BCUT2D eigenvalue weighted by Crippen LogP contribution is -2.56. The number of hydrogen-bond acceptors (Lipinski definition) is 1. The molecule has 0 bridgehead atoms. The first-order valence-corrected chi connectivity index (χ1v) is 10.7. The number of rotatable bonds is 2. The molecule has 1 aromatic rings. The SMILES string of the molecule is CC(C)(C)N(c1ccccc1[Si](C)(C)C)C(C)(C)C. The molecule has 1 aromatic carbocycles. The molecule has 0 saturated heterocycles. The molecule has 1 rings (SSSR count). The summed E-state index contributed by atoms with van der Waals surface area (Å²) in [4.78, 5) is 2.58. The highest BCUT2D eigenvalue weighted by molar-refractivity contribution is 6.89. The summed E-state index contributed by atoms with van der Waals surface area (Å²) in [6, 6.07) is 8.97. The third-order valence-electron chi connectivity index (χ3n) is 3.29. The van der Waals surface area contributed by atoms with Crippen molar-refractivity contribution in [2.24, 2.45) is 0 Å². The molecule has 0 atom stereocenters. The van der Waals surface area contributed by atoms with Gasteiger partial charge in [-0.3, -0.25) is 0 Å². The van der Waals surface area contributed by atoms with Crippen LogP contribution in [0.15, 0.2) is 24.3 Å². The summed E-state index contributed by atoms with van der Waals surface area (Å²) in [5.74, 6) is 0. The van der Waals surface area contributed by atoms with Crippen molar-refractivity contribution in [3.05, 3.63) is 24.3 Å². The largest absolute Gasteiger partial charge is 0.362 e. The fourth-order valence-electron chi connectivity index (χ4n) is 3.03. The van der Waals surface area contributed by atoms with Crippen molar-refractivity contribution in [2.45, 2.75) is 72.3 Å². The average Bonchev–Trinajstić information content (AvgIpc) is 2.11. The van der Waals surface area contributed by atoms with E-state index in [0.717, 1.165) is 0 Å². The summed E-state index contributed by atoms with van der Waals surface area (Å²) in [7, 11) is -1.34. The lowest BCUT2D eigenvalue weighted by atomic mass is 9.95. The Morgan fingerprint density at radius 2 is 1.21 bits per heavy atom. The Bertz CT molecular complexity index is 416. The van der Waals surface area contributed by atoms with E-state index in [0.29, 0.717) is 0 Å². The minimum atomic E-state index is -1.34. The zero-order valence-corrected chi connectivity index (χ0v) is 15.3. The molecule has 0 aliphatic heterocycles. The molecule has 0 heterocycles. The second-order valence-electron chi connectivity index (χ2n) is 8.44. The predicted octanol–water partition coefficient (Wildman–Crippen LogP) is 4.64. The monoisotopic (exact) mass is 277 g/mol. The van der Waals surface area contributed by atoms with Gasteiger partial charge in [0.2, 0.25) is 0 Å². The van der Waals surface area contributed by atoms with Crippen LogP contribution in [0, 0.1) is 0 Å². The predicted molar refractivity (Wildman–Crippen MR) is 91.4 cm³/mol. The lowest BCUT2D eigenvalue weighted by Gasteiger charge is -2.49. The van der Waals surface area contributed by atoms with Gasteiger partial charge in [-0.1, -0.05) is 37.8 Å². The van der Waals surface area contributed by atoms with Gasteiger partial charge in [0.1, 0.15) is 0 Å². The number of hydrogen-bond donors (Lipinski definition) is 0. The molecule has 0 aliphatic rings. The minimum absolute atomic E-state index is 0.119. The van der Waals surface area contributed by atoms with Crippen LogP contribution in [0.5, 0.6) is 0 Å². The summed E-state index contributed by atoms with van der Waals surface area (Å²) >= 11 is 0. The highest BCUT2D eigenvalue weighted by Crippen LogP contribution is 2.31. The maximum absolute atomic E-state index is 2.58. The Hall–Kier alpha value is -0.763. The minimum Gasteiger partial charge on any atom is -0.362 e. The molecule has 0 N–H and O–H groups in total. The maximum atomic E-state index is 2.58. The van der Waals surface area contributed by atoms with Crippen LogP contribution < -0.4 is 10.1 Å². The average molecular weight is 278 g/mol. The molecular formula is C17H31NSi. The summed E-state index contributed by atoms with van der Waals surface area (Å²) in [6.45, 7) is 21.1. The molecule has 0 aromatic heterocycles. The molecule has 0 fully saturated rings. The van der Waals surface area contributed by atoms with E-state index < -0.39 is 8.07 Å². The van der Waals surface area contributed by atoms with Gasteiger partial charge in [0.05, 0.1) is 8.07 Å². The highest BCUT2D eigenvalue weighted by Gasteiger charge is 2.34. The van der Waals surface area contributed by atoms with Crippen LogP contribution in [0.2, 0.25) is 19.6 Å². The zero-order chi connectivity index (χ0) is 15.1. The molecule has 0 unspecified atom stereocenters. The van der Waals surface area contributed by atoms with Gasteiger partial charge in [-0.05, 0) is 52.8 Å². The van der Waals surface area contributed by atoms with Crippen LogP contribution in [-0.2, 0) is 0 Å². The van der Waals surface area contributed by atoms with E-state index in [1.165, 1.54) is 5.69 Å². The van der Waals surface area contributed by atoms with Crippen molar-refractivity contribution < 1.29 is 0 Å². The highest BCUT2D eigenvalue weighted by atomic mass is 28.3. The Balaban J connectivity index is 3.50. The van der Waals surface area contributed by atoms with Crippen molar-refractivity contribution in [1.29, 1.82) is 0 Å². The van der Waals surface area contributed by atoms with Crippen molar-refractivity contribution in [2.75, 3.05) is 4.90 Å². The molecule has 0 spiro atoms. The third kappa shape index (κ3) is 3.85. The quantitative estimate of drug-likeness (QED) is 0.712. The van der Waals surface area contributed by atoms with E-state index >= 15 is 0 Å². The molecule has 0 aliphatic carbocycles. The van der Waals surface area contributed by atoms with Gasteiger partial charge in [-0.15, -0.1) is 0 Å². The van der Waals surface area contributed by atoms with Crippen molar-refractivity contribution in [1.82, 2.24) is 0 Å². The van der Waals surface area contributed by atoms with Gasteiger partial charge in [-0.25, -0.2) is 0 Å². The van der Waals surface area contributed by atoms with E-state index in [1.807, 2.05) is 0 Å². The fraction of sp³-hybridized carbons (Fsp3) is 0.647. The summed E-state index contributed by atoms with van der Waals surface area (Å²) in [5, 5.41) is 1.56. The van der Waals surface area contributed by atoms with Crippen LogP contribution in [0.1, 0.15) is 41.5 Å². The second kappa shape index (κ2) is 4.97. The first kappa shape index (κ1) is 16.3. The Kier molecular flexibility index (Phi) is 4.26. The van der Waals surface area contributed by atoms with Gasteiger partial charge in [0.15, 0.2) is 0 Å². The summed E-state index contributed by atoms with van der Waals surface area (Å²) < 4.78 is 0. The standard InChI is InChI=1S/C17H31NSi/c1-16(2,3)18(17(4,5)6)14-12-10-11-13-15(14)19(7,8)9/h10-13H,1-9H3. The van der Waals surface area contributed by atoms with Gasteiger partial charge in [0, 0.05) is 16.8 Å². The first-order valence-electron chi connectivity index (χ1n) is 7.25. The number of benzene rings is 1. The van der Waals surface area contributed by atoms with Gasteiger partial charge >= 0.3 is 0 Å². The normalized spacial score (nSPS) is 13.5. The third-order valence-corrected chi connectivity index (χ3v) is 5.33. The molecule has 0 amide bonds. The number of para-hydroxylation sites is 1. The summed E-state index contributed by atoms with van der Waals surface area (Å²) in [6.07, 6.45) is 0. The molecular weight excluding hydrogens is 246 g/mol. The Labute approximate surface area is 121 Å². The number of anilines is 1. The first-order chi connectivity index (χ1) is 8.35. The van der Waals surface area contributed by atoms with Crippen molar-refractivity contribution in [3.8, 4) is 0 Å². The van der Waals surface area contributed by atoms with E-state index in [1.54, 1.807) is 5.19 Å². The molecule has 1 nitrogen and oxygen atoms in total. The van der Waals surface area contributed by atoms with Crippen LogP contribution >= 0.6 is 0 Å². The smallest absolute Gasteiger partial charge is 0.0803 e. The maximum Gasteiger partial charge on any atom is 0.0803 e. The van der Waals surface area contributed by atoms with Gasteiger partial charge in [0.25, 0.3) is 0 Å². The van der Waals surface area contributed by atoms with E-state index in [-0.39, 0.29) is 11.1 Å². The van der Waals surface area contributed by atoms with E-state index in [9.17, 15) is 0 Å². The zero-order valence-electron chi connectivity index (χ0n) is 14.3. The van der Waals surface area contributed by atoms with Crippen molar-refractivity contribution in [3.63, 3.8) is 0 Å². The number of nitrogens with zero attached hydrogens (tertiary/aromatic N) is 1. The molecule has 19 heavy (non-hydrogen) atoms. The van der Waals surface area contributed by atoms with Gasteiger partial charge in [-0.2, -0.15) is 0 Å². The van der Waals surface area contributed by atoms with Crippen LogP contribution in [0.3, 0.4) is 0 Å². The second-order valence-corrected chi connectivity index (χ2v) is 13.5. The molecule has 108 valence electrons. The van der Waals surface area contributed by atoms with Crippen LogP contribution in [0.25, 0.3) is 0 Å². The Morgan fingerprint density at radius 3 is 1.58 bits per heavy atom. The van der Waals surface area contributed by atoms with E-state index in [4.69, 9.17) is 0 Å². The van der Waals surface area contributed by atoms with E-state index in [2.05, 4.69) is 90.3 Å². The lowest BCUT2D eigenvalue weighted by molar-refractivity contribution is 0.381. The topological polar surface area (TPSA) is 3.24 Å². The molecule has 0 saturated carbocycles. The summed E-state index contributed by atoms with van der Waals surface area (Å²) in [5.41, 5.74) is 1.66. The fourth-order valence-corrected chi connectivity index (χ4v) is 4.59. The van der Waals surface area contributed by atoms with Crippen molar-refractivity contribution >= 4 is 18.9 Å².